The Kier molecular flexibility index (Phi) is 26.6. The second kappa shape index (κ2) is 36.2. The number of benzene rings is 3. The monoisotopic (exact) mass is 1770 g/mol. The first-order valence-corrected chi connectivity index (χ1v) is 40.0. The molecule has 11 aromatic rings. The average molecular weight is 1780 g/mol. The van der Waals surface area contributed by atoms with E-state index < -0.39 is 47.3 Å². The third-order valence-corrected chi connectivity index (χ3v) is 21.3. The van der Waals surface area contributed by atoms with Crippen LogP contribution in [0.5, 0.6) is 0 Å². The van der Waals surface area contributed by atoms with E-state index in [0.717, 1.165) is 16.7 Å². The molecular formula is C84H82BBr2Cl3F2N14O11. The van der Waals surface area contributed by atoms with Gasteiger partial charge in [0.25, 0.3) is 34.4 Å². The van der Waals surface area contributed by atoms with Crippen LogP contribution in [0.25, 0.3) is 44.4 Å². The number of carbonyl (C=O) groups is 6. The first kappa shape index (κ1) is 85.9. The fourth-order valence-electron chi connectivity index (χ4n) is 13.7. The largest absolute Gasteiger partial charge is 0.495 e. The number of fused-ring (bicyclic) bond motifs is 3. The predicted molar refractivity (Wildman–Crippen MR) is 451 cm³/mol. The molecule has 6 amide bonds. The maximum absolute atomic E-state index is 14.4. The Morgan fingerprint density at radius 2 is 0.795 bits per heavy atom. The van der Waals surface area contributed by atoms with Gasteiger partial charge in [-0.2, -0.15) is 0 Å². The highest BCUT2D eigenvalue weighted by molar-refractivity contribution is 9.10. The van der Waals surface area contributed by atoms with Crippen LogP contribution in [0, 0.1) is 33.3 Å². The summed E-state index contributed by atoms with van der Waals surface area (Å²) >= 11 is 24.1. The molecule has 0 spiro atoms. The van der Waals surface area contributed by atoms with E-state index in [9.17, 15) is 51.9 Å². The second-order valence-corrected chi connectivity index (χ2v) is 35.1. The quantitative estimate of drug-likeness (QED) is 0.0564. The summed E-state index contributed by atoms with van der Waals surface area (Å²) < 4.78 is 43.2. The Hall–Kier alpha value is -10.5. The van der Waals surface area contributed by atoms with Crippen LogP contribution in [0.4, 0.5) is 8.78 Å². The van der Waals surface area contributed by atoms with Crippen molar-refractivity contribution in [2.45, 2.75) is 94.7 Å². The molecule has 3 aromatic carbocycles. The molecule has 0 aliphatic carbocycles. The molecule has 4 aliphatic heterocycles. The van der Waals surface area contributed by atoms with Gasteiger partial charge in [0, 0.05) is 155 Å². The molecule has 15 rings (SSSR count). The molecule has 3 N–H and O–H groups in total. The third-order valence-electron chi connectivity index (χ3n) is 19.5. The van der Waals surface area contributed by atoms with Crippen LogP contribution in [0.2, 0.25) is 15.1 Å². The van der Waals surface area contributed by atoms with Crippen molar-refractivity contribution in [3.05, 3.63) is 265 Å². The van der Waals surface area contributed by atoms with Crippen molar-refractivity contribution in [3.8, 4) is 11.3 Å². The second-order valence-electron chi connectivity index (χ2n) is 32.1. The highest BCUT2D eigenvalue weighted by atomic mass is 79.9. The van der Waals surface area contributed by atoms with Gasteiger partial charge in [-0.1, -0.05) is 127 Å². The van der Waals surface area contributed by atoms with Gasteiger partial charge in [0.15, 0.2) is 5.82 Å². The lowest BCUT2D eigenvalue weighted by molar-refractivity contribution is -0.142. The summed E-state index contributed by atoms with van der Waals surface area (Å²) in [6.07, 6.45) is 7.55. The van der Waals surface area contributed by atoms with Gasteiger partial charge in [-0.25, -0.2) is 28.7 Å². The molecule has 0 saturated carbocycles. The minimum absolute atomic E-state index is 0.0198. The predicted octanol–water partition coefficient (Wildman–Crippen LogP) is 12.3. The topological polar surface area (TPSA) is 297 Å². The Morgan fingerprint density at radius 1 is 0.444 bits per heavy atom. The molecule has 12 heterocycles. The first-order valence-electron chi connectivity index (χ1n) is 37.2. The lowest BCUT2D eigenvalue weighted by Gasteiger charge is -2.45. The van der Waals surface area contributed by atoms with Gasteiger partial charge in [0.2, 0.25) is 17.7 Å². The zero-order valence-corrected chi connectivity index (χ0v) is 70.6. The third kappa shape index (κ3) is 21.5. The standard InChI is InChI=1S/C28H32BClN4O5.C28H25ClFN5O3.C23H22BrClN4O3.C5H3BrFN/c1-27(2)14-33(15-27)23(35)13-34-24-19(9-20(12-31-24)29-38-16-28(3,4)17-39-29)10-22(26(34)37)25(36)32-11-18-5-7-21(30)8-6-18;1-28(2)15-34(16-28)23(36)14-35-25-18(10-19(13-32-25)24-22(30)4-3-9-31-24)11-21(27(35)38)26(37)33-12-17-5-7-20(29)8-6-17;1-23(2)12-28(13-23)19(30)11-29-20-15(7-16(24)10-26-20)8-18(22(29)32)21(31)27-9-14-3-5-17(25)6-4-14;6-5-4(7)2-1-3-8-5/h5-10,12H,11,13-17H2,1-4H3,(H,32,36);3-11,13H,12,14-16H2,1-2H3,(H,33,37);3-8,10H,9,11-13H2,1-2H3,(H,27,31);1-3H. The molecule has 606 valence electrons. The van der Waals surface area contributed by atoms with Crippen molar-refractivity contribution in [2.24, 2.45) is 21.7 Å². The number of rotatable bonds is 17. The van der Waals surface area contributed by atoms with E-state index in [-0.39, 0.29) is 117 Å². The summed E-state index contributed by atoms with van der Waals surface area (Å²) in [7, 11) is -0.609. The maximum atomic E-state index is 14.4. The van der Waals surface area contributed by atoms with E-state index in [4.69, 9.17) is 44.1 Å². The SMILES string of the molecule is CC1(C)CN(C(=O)Cn2c(=O)c(C(=O)NCc3ccc(Cl)cc3)cc3cc(-c4ncccc4F)cnc32)C1.CC1(C)CN(C(=O)Cn2c(=O)c(C(=O)NCc3ccc(Cl)cc3)cc3cc(Br)cnc32)C1.CC1(C)COB(c2cnc3c(c2)cc(C(=O)NCc2ccc(Cl)cc2)c(=O)n3CC(=O)N2CC(C)(C)C2)OC1.Fc1cccnc1Br. The van der Waals surface area contributed by atoms with E-state index in [1.165, 1.54) is 68.7 Å². The van der Waals surface area contributed by atoms with Crippen molar-refractivity contribution >= 4 is 148 Å². The van der Waals surface area contributed by atoms with Gasteiger partial charge in [-0.15, -0.1) is 0 Å². The van der Waals surface area contributed by atoms with E-state index in [2.05, 4.69) is 128 Å². The number of likely N-dealkylation sites (tertiary alicyclic amines) is 3. The minimum Gasteiger partial charge on any atom is -0.407 e. The maximum Gasteiger partial charge on any atom is 0.495 e. The minimum atomic E-state index is -0.636. The van der Waals surface area contributed by atoms with Gasteiger partial charge in [-0.3, -0.25) is 61.8 Å². The van der Waals surface area contributed by atoms with Crippen LogP contribution in [-0.2, 0) is 63.0 Å². The fourth-order valence-corrected chi connectivity index (χ4v) is 14.6. The molecule has 4 aliphatic rings. The number of nitrogens with one attached hydrogen (secondary N) is 3. The number of carbonyl (C=O) groups excluding carboxylic acids is 6. The van der Waals surface area contributed by atoms with Gasteiger partial charge in [0.05, 0.1) is 0 Å². The summed E-state index contributed by atoms with van der Waals surface area (Å²) in [5.74, 6) is -3.12. The van der Waals surface area contributed by atoms with Crippen LogP contribution < -0.4 is 38.1 Å². The average Bonchev–Trinajstić information content (AvgIpc) is 0.769. The number of nitrogens with zero attached hydrogens (tertiary/aromatic N) is 11. The summed E-state index contributed by atoms with van der Waals surface area (Å²) in [6.45, 7) is 21.3. The fraction of sp³-hybridized carbons (Fsp3) is 0.310. The Morgan fingerprint density at radius 3 is 1.15 bits per heavy atom. The van der Waals surface area contributed by atoms with Gasteiger partial charge in [0.1, 0.15) is 69.4 Å². The number of amides is 6. The van der Waals surface area contributed by atoms with Crippen molar-refractivity contribution in [1.82, 2.24) is 69.3 Å². The normalized spacial score (nSPS) is 15.3. The zero-order valence-electron chi connectivity index (χ0n) is 65.1. The van der Waals surface area contributed by atoms with Gasteiger partial charge >= 0.3 is 7.12 Å². The van der Waals surface area contributed by atoms with E-state index in [0.29, 0.717) is 111 Å². The zero-order chi connectivity index (χ0) is 84.0. The number of hydrogen-bond donors (Lipinski definition) is 3. The van der Waals surface area contributed by atoms with E-state index >= 15 is 0 Å². The summed E-state index contributed by atoms with van der Waals surface area (Å²) in [4.78, 5) is 144. The number of hydrogen-bond acceptors (Lipinski definition) is 16. The molecule has 4 saturated heterocycles. The molecule has 4 fully saturated rings. The summed E-state index contributed by atoms with van der Waals surface area (Å²) in [6, 6.07) is 36.4. The van der Waals surface area contributed by atoms with Gasteiger partial charge < -0.3 is 40.0 Å². The van der Waals surface area contributed by atoms with Gasteiger partial charge in [-0.05, 0) is 162 Å². The number of pyridine rings is 8. The molecule has 0 atom stereocenters. The Balaban J connectivity index is 0.000000154. The van der Waals surface area contributed by atoms with Crippen molar-refractivity contribution in [3.63, 3.8) is 0 Å². The molecule has 0 unspecified atom stereocenters. The number of halogens is 7. The highest BCUT2D eigenvalue weighted by Gasteiger charge is 2.41. The lowest BCUT2D eigenvalue weighted by atomic mass is 9.76. The number of aromatic nitrogens is 8. The summed E-state index contributed by atoms with van der Waals surface area (Å²) in [5, 5.41) is 11.6. The van der Waals surface area contributed by atoms with Crippen molar-refractivity contribution in [2.75, 3.05) is 52.5 Å². The van der Waals surface area contributed by atoms with E-state index in [1.807, 2.05) is 0 Å². The van der Waals surface area contributed by atoms with Crippen LogP contribution in [0.3, 0.4) is 0 Å². The van der Waals surface area contributed by atoms with Crippen molar-refractivity contribution < 1.29 is 46.9 Å². The smallest absolute Gasteiger partial charge is 0.407 e. The molecule has 8 aromatic heterocycles. The van der Waals surface area contributed by atoms with Crippen LogP contribution >= 0.6 is 66.7 Å². The lowest BCUT2D eigenvalue weighted by Crippen LogP contribution is -2.56. The molecular weight excluding hydrogens is 1700 g/mol. The molecule has 33 heteroatoms. The van der Waals surface area contributed by atoms with Crippen LogP contribution in [0.1, 0.15) is 103 Å². The molecule has 117 heavy (non-hydrogen) atoms. The summed E-state index contributed by atoms with van der Waals surface area (Å²) in [5.41, 5.74) is 2.57. The molecule has 0 bridgehead atoms. The van der Waals surface area contributed by atoms with E-state index in [1.54, 1.807) is 124 Å². The molecule has 0 radical (unpaired) electrons. The van der Waals surface area contributed by atoms with Crippen LogP contribution in [0.15, 0.2) is 188 Å². The van der Waals surface area contributed by atoms with Crippen LogP contribution in [-0.4, -0.2) is 148 Å². The Labute approximate surface area is 703 Å². The highest BCUT2D eigenvalue weighted by Crippen LogP contribution is 2.33. The first-order chi connectivity index (χ1) is 55.4. The molecule has 25 nitrogen and oxygen atoms in total. The Bertz CT molecular complexity index is 5810. The van der Waals surface area contributed by atoms with Crippen molar-refractivity contribution in [1.29, 1.82) is 0 Å².